The van der Waals surface area contributed by atoms with Crippen LogP contribution in [0.5, 0.6) is 17.6 Å². The highest BCUT2D eigenvalue weighted by Crippen LogP contribution is 2.45. The van der Waals surface area contributed by atoms with Gasteiger partial charge in [0.1, 0.15) is 6.10 Å². The first-order valence-electron chi connectivity index (χ1n) is 34.4. The minimum Gasteiger partial charge on any atom is -0.481 e. The van der Waals surface area contributed by atoms with Crippen molar-refractivity contribution in [3.05, 3.63) is 203 Å². The normalized spacial score (nSPS) is 13.9. The number of aromatic nitrogens is 4. The zero-order chi connectivity index (χ0) is 73.1. The quantitative estimate of drug-likeness (QED) is 0.0632. The predicted octanol–water partition coefficient (Wildman–Crippen LogP) is 16.7. The number of nitriles is 6. The van der Waals surface area contributed by atoms with Crippen LogP contribution >= 0.6 is 15.9 Å². The number of carbonyl (C=O) groups is 2. The van der Waals surface area contributed by atoms with Gasteiger partial charge in [-0.1, -0.05) is 55.4 Å². The van der Waals surface area contributed by atoms with Gasteiger partial charge in [0.05, 0.1) is 91.1 Å². The van der Waals surface area contributed by atoms with Crippen molar-refractivity contribution in [3.8, 4) is 54.1 Å². The molecule has 516 valence electrons. The zero-order valence-electron chi connectivity index (χ0n) is 60.2. The van der Waals surface area contributed by atoms with Crippen molar-refractivity contribution in [2.75, 3.05) is 21.3 Å². The first kappa shape index (κ1) is 75.9. The number of ether oxygens (including phenoxy) is 3. The van der Waals surface area contributed by atoms with Crippen LogP contribution in [0.15, 0.2) is 63.9 Å². The molecule has 0 aliphatic heterocycles. The van der Waals surface area contributed by atoms with Crippen molar-refractivity contribution in [1.82, 2.24) is 19.9 Å². The first-order valence-corrected chi connectivity index (χ1v) is 35.2. The Morgan fingerprint density at radius 3 is 1.13 bits per heavy atom. The zero-order valence-corrected chi connectivity index (χ0v) is 61.8. The molecule has 0 radical (unpaired) electrons. The third-order valence-electron chi connectivity index (χ3n) is 18.9. The summed E-state index contributed by atoms with van der Waals surface area (Å²) in [4.78, 5) is 56.5. The second kappa shape index (κ2) is 33.4. The SMILES string of the molecule is COc1nc(C)c(CC2CC2)c(Br)c1C(C)C.COc1nc(C)c(CC2CC2)c(C(=O)c2cc(C#N)cc(C#N)c2)c1C(C)C.COc1nc(C)c(CC2CC2)c(C(O)c2cc(C#N)cc(C#N)c2)c1C(C)C.Cc1[nH]c(=O)c(C(C)C)c(C(=O)c2cc(C#N)cc(C#N)c2)c1CC1CC1. The molecule has 4 heterocycles. The molecule has 0 saturated heterocycles. The van der Waals surface area contributed by atoms with E-state index in [2.05, 4.69) is 82.6 Å². The Morgan fingerprint density at radius 1 is 0.460 bits per heavy atom. The molecule has 4 aliphatic carbocycles. The Kier molecular flexibility index (Phi) is 25.3. The molecule has 11 rings (SSSR count). The molecule has 4 aliphatic rings. The van der Waals surface area contributed by atoms with Gasteiger partial charge in [-0.15, -0.1) is 0 Å². The lowest BCUT2D eigenvalue weighted by molar-refractivity contribution is 0.102. The molecule has 1 atom stereocenters. The van der Waals surface area contributed by atoms with Crippen molar-refractivity contribution < 1.29 is 28.9 Å². The minimum atomic E-state index is -0.956. The van der Waals surface area contributed by atoms with Crippen LogP contribution in [0.25, 0.3) is 0 Å². The fourth-order valence-electron chi connectivity index (χ4n) is 13.0. The van der Waals surface area contributed by atoms with E-state index in [-0.39, 0.29) is 51.6 Å². The highest BCUT2D eigenvalue weighted by molar-refractivity contribution is 9.10. The number of nitrogens with zero attached hydrogens (tertiary/aromatic N) is 9. The van der Waals surface area contributed by atoms with E-state index < -0.39 is 6.10 Å². The van der Waals surface area contributed by atoms with Crippen LogP contribution < -0.4 is 19.8 Å². The fourth-order valence-corrected chi connectivity index (χ4v) is 14.1. The van der Waals surface area contributed by atoms with E-state index in [1.165, 1.54) is 84.5 Å². The van der Waals surface area contributed by atoms with E-state index >= 15 is 0 Å². The van der Waals surface area contributed by atoms with Gasteiger partial charge in [0, 0.05) is 71.8 Å². The lowest BCUT2D eigenvalue weighted by atomic mass is 9.85. The number of methoxy groups -OCH3 is 3. The second-order valence-electron chi connectivity index (χ2n) is 28.1. The lowest BCUT2D eigenvalue weighted by Gasteiger charge is -2.25. The number of ketones is 2. The van der Waals surface area contributed by atoms with Crippen LogP contribution in [0.2, 0.25) is 0 Å². The average Bonchev–Trinajstić information content (AvgIpc) is 1.01. The number of halogens is 1. The number of H-pyrrole nitrogens is 1. The van der Waals surface area contributed by atoms with Crippen molar-refractivity contribution >= 4 is 27.5 Å². The smallest absolute Gasteiger partial charge is 0.252 e. The lowest BCUT2D eigenvalue weighted by Crippen LogP contribution is -2.24. The molecule has 17 nitrogen and oxygen atoms in total. The molecule has 4 fully saturated rings. The molecule has 2 N–H and O–H groups in total. The summed E-state index contributed by atoms with van der Waals surface area (Å²) < 4.78 is 17.7. The summed E-state index contributed by atoms with van der Waals surface area (Å²) in [5.41, 5.74) is 15.7. The van der Waals surface area contributed by atoms with Gasteiger partial charge in [-0.2, -0.15) is 31.6 Å². The number of benzene rings is 3. The topological polar surface area (TPSA) is 296 Å². The van der Waals surface area contributed by atoms with Crippen molar-refractivity contribution in [1.29, 1.82) is 31.6 Å². The van der Waals surface area contributed by atoms with Gasteiger partial charge in [0.25, 0.3) is 5.56 Å². The van der Waals surface area contributed by atoms with Gasteiger partial charge in [-0.05, 0) is 256 Å². The molecule has 0 bridgehead atoms. The van der Waals surface area contributed by atoms with Crippen LogP contribution in [0.4, 0.5) is 0 Å². The molecule has 100 heavy (non-hydrogen) atoms. The average molecular weight is 1410 g/mol. The largest absolute Gasteiger partial charge is 0.481 e. The maximum absolute atomic E-state index is 13.6. The van der Waals surface area contributed by atoms with Crippen LogP contribution in [0.3, 0.4) is 0 Å². The van der Waals surface area contributed by atoms with Crippen LogP contribution in [0, 0.1) is 119 Å². The van der Waals surface area contributed by atoms with Gasteiger partial charge in [0.15, 0.2) is 11.6 Å². The summed E-state index contributed by atoms with van der Waals surface area (Å²) in [5, 5.41) is 67.1. The minimum absolute atomic E-state index is 0.0366. The Balaban J connectivity index is 0.000000172. The number of aliphatic hydroxyl groups excluding tert-OH is 1. The third kappa shape index (κ3) is 18.1. The number of aromatic amines is 1. The number of pyridine rings is 4. The number of nitrogens with one attached hydrogen (secondary N) is 1. The van der Waals surface area contributed by atoms with Crippen LogP contribution in [-0.4, -0.2) is 57.9 Å². The summed E-state index contributed by atoms with van der Waals surface area (Å²) in [6.07, 6.45) is 12.4. The third-order valence-corrected chi connectivity index (χ3v) is 19.8. The van der Waals surface area contributed by atoms with E-state index in [1.54, 1.807) is 45.6 Å². The van der Waals surface area contributed by atoms with Crippen LogP contribution in [0.1, 0.15) is 280 Å². The van der Waals surface area contributed by atoms with E-state index in [4.69, 9.17) is 14.2 Å². The number of aryl methyl sites for hydroxylation is 4. The number of rotatable bonds is 21. The Morgan fingerprint density at radius 2 is 0.770 bits per heavy atom. The highest BCUT2D eigenvalue weighted by atomic mass is 79.9. The molecule has 18 heteroatoms. The summed E-state index contributed by atoms with van der Waals surface area (Å²) in [7, 11) is 4.85. The molecule has 4 aromatic heterocycles. The standard InChI is InChI=1S/C23H25N3O2.C23H23N3O2.C22H21N3O2.C14H20BrNO/c2*1-13(2)20-21(19(10-15-5-6-15)14(3)26-23(20)28-4)22(27)18-8-16(11-24)7-17(9-18)12-25;1-12(2)19-20(18(9-14-4-5-14)13(3)25-22(19)27)21(26)17-7-15(10-23)6-16(8-17)11-24;1-8(2)12-13(15)11(7-10-5-6-10)9(3)16-14(12)17-4/h7-9,13,15,22,27H,5-6,10H2,1-4H3;7-9,13,15H,5-6,10H2,1-4H3;6-8,12,14H,4-5,9H2,1-3H3,(H,25,27);8,10H,5-7H2,1-4H3. The highest BCUT2D eigenvalue weighted by Gasteiger charge is 2.35. The van der Waals surface area contributed by atoms with Gasteiger partial charge in [0.2, 0.25) is 17.6 Å². The molecule has 3 aromatic carbocycles. The van der Waals surface area contributed by atoms with Gasteiger partial charge in [-0.3, -0.25) is 14.4 Å². The molecule has 0 amide bonds. The summed E-state index contributed by atoms with van der Waals surface area (Å²) in [6, 6.07) is 26.1. The van der Waals surface area contributed by atoms with Gasteiger partial charge in [-0.25, -0.2) is 15.0 Å². The molecule has 7 aromatic rings. The summed E-state index contributed by atoms with van der Waals surface area (Å²) in [6.45, 7) is 24.0. The number of carbonyl (C=O) groups excluding carboxylic acids is 2. The van der Waals surface area contributed by atoms with Gasteiger partial charge < -0.3 is 24.3 Å². The fraction of sp³-hybridized carbons (Fsp3) is 0.439. The first-order chi connectivity index (χ1) is 47.7. The maximum atomic E-state index is 13.6. The molecule has 0 spiro atoms. The monoisotopic (exact) mass is 1400 g/mol. The second-order valence-corrected chi connectivity index (χ2v) is 28.9. The Bertz CT molecular complexity index is 4530. The summed E-state index contributed by atoms with van der Waals surface area (Å²) >= 11 is 3.76. The van der Waals surface area contributed by atoms with Crippen molar-refractivity contribution in [2.24, 2.45) is 23.7 Å². The number of hydrogen-bond acceptors (Lipinski definition) is 16. The van der Waals surface area contributed by atoms with E-state index in [0.29, 0.717) is 85.5 Å². The van der Waals surface area contributed by atoms with Gasteiger partial charge >= 0.3 is 0 Å². The van der Waals surface area contributed by atoms with E-state index in [0.717, 1.165) is 106 Å². The van der Waals surface area contributed by atoms with Crippen molar-refractivity contribution in [3.63, 3.8) is 0 Å². The van der Waals surface area contributed by atoms with Crippen molar-refractivity contribution in [2.45, 2.75) is 190 Å². The Hall–Kier alpha value is -9.82. The number of aliphatic hydroxyl groups is 1. The summed E-state index contributed by atoms with van der Waals surface area (Å²) in [5.74, 6) is 4.34. The van der Waals surface area contributed by atoms with E-state index in [1.807, 2.05) is 72.7 Å². The van der Waals surface area contributed by atoms with Crippen LogP contribution in [-0.2, 0) is 25.7 Å². The molecular weight excluding hydrogens is 1320 g/mol. The van der Waals surface area contributed by atoms with E-state index in [9.17, 15) is 51.1 Å². The molecular formula is C82H89BrN10O7. The Labute approximate surface area is 597 Å². The maximum Gasteiger partial charge on any atom is 0.252 e. The molecule has 4 saturated carbocycles. The predicted molar refractivity (Wildman–Crippen MR) is 387 cm³/mol. The number of hydrogen-bond donors (Lipinski definition) is 2. The molecule has 1 unspecified atom stereocenters.